The first-order chi connectivity index (χ1) is 15.7. The minimum Gasteiger partial charge on any atom is -0.507 e. The van der Waals surface area contributed by atoms with Crippen LogP contribution >= 0.6 is 0 Å². The van der Waals surface area contributed by atoms with E-state index in [1.165, 1.54) is 26.4 Å². The van der Waals surface area contributed by atoms with Crippen molar-refractivity contribution in [2.75, 3.05) is 14.2 Å². The number of hydrogen-bond acceptors (Lipinski definition) is 6. The van der Waals surface area contributed by atoms with Crippen LogP contribution in [0.3, 0.4) is 0 Å². The summed E-state index contributed by atoms with van der Waals surface area (Å²) in [5, 5.41) is 17.2. The van der Waals surface area contributed by atoms with Gasteiger partial charge in [0, 0.05) is 10.8 Å². The van der Waals surface area contributed by atoms with Gasteiger partial charge in [0.2, 0.25) is 0 Å². The third kappa shape index (κ3) is 3.98. The molecule has 0 atom stereocenters. The Bertz CT molecular complexity index is 1450. The van der Waals surface area contributed by atoms with Crippen molar-refractivity contribution >= 4 is 37.3 Å². The second kappa shape index (κ2) is 8.37. The molecule has 0 spiro atoms. The highest BCUT2D eigenvalue weighted by atomic mass is 32.2. The van der Waals surface area contributed by atoms with Gasteiger partial charge in [0.05, 0.1) is 29.9 Å². The topological polar surface area (TPSA) is 97.5 Å². The number of benzene rings is 4. The van der Waals surface area contributed by atoms with Crippen LogP contribution in [0.25, 0.3) is 21.5 Å². The van der Waals surface area contributed by atoms with E-state index in [1.54, 1.807) is 36.4 Å². The molecule has 0 fully saturated rings. The molecule has 0 unspecified atom stereocenters. The van der Waals surface area contributed by atoms with Crippen molar-refractivity contribution < 1.29 is 23.0 Å². The molecule has 0 aliphatic rings. The Balaban J connectivity index is 2.11. The first kappa shape index (κ1) is 22.5. The van der Waals surface area contributed by atoms with Crippen molar-refractivity contribution in [3.8, 4) is 17.2 Å². The number of fused-ring (bicyclic) bond motifs is 2. The molecule has 0 bridgehead atoms. The van der Waals surface area contributed by atoms with Crippen LogP contribution in [0, 0.1) is 20.8 Å². The van der Waals surface area contributed by atoms with Gasteiger partial charge in [-0.3, -0.25) is 0 Å². The predicted molar refractivity (Wildman–Crippen MR) is 129 cm³/mol. The fourth-order valence-electron chi connectivity index (χ4n) is 3.91. The number of hydrogen-bond donors (Lipinski definition) is 1. The van der Waals surface area contributed by atoms with E-state index in [-0.39, 0.29) is 16.3 Å². The Morgan fingerprint density at radius 2 is 1.24 bits per heavy atom. The van der Waals surface area contributed by atoms with Crippen LogP contribution in [-0.2, 0) is 10.0 Å². The Kier molecular flexibility index (Phi) is 5.71. The molecule has 4 aromatic rings. The fourth-order valence-corrected chi connectivity index (χ4v) is 4.68. The molecule has 0 aliphatic carbocycles. The summed E-state index contributed by atoms with van der Waals surface area (Å²) in [7, 11) is -1.05. The maximum absolute atomic E-state index is 12.9. The van der Waals surface area contributed by atoms with Gasteiger partial charge < -0.3 is 14.6 Å². The zero-order valence-corrected chi connectivity index (χ0v) is 19.8. The molecule has 0 aliphatic heterocycles. The van der Waals surface area contributed by atoms with Gasteiger partial charge in [0.1, 0.15) is 22.9 Å². The molecule has 0 saturated heterocycles. The minimum absolute atomic E-state index is 0.0318. The zero-order chi connectivity index (χ0) is 23.9. The fraction of sp³-hybridized carbons (Fsp3) is 0.200. The smallest absolute Gasteiger partial charge is 0.299 e. The van der Waals surface area contributed by atoms with Gasteiger partial charge in [-0.15, -0.1) is 5.11 Å². The third-order valence-corrected chi connectivity index (χ3v) is 6.65. The van der Waals surface area contributed by atoms with Crippen LogP contribution in [0.15, 0.2) is 63.1 Å². The highest BCUT2D eigenvalue weighted by molar-refractivity contribution is 7.90. The lowest BCUT2D eigenvalue weighted by atomic mass is 9.95. The van der Waals surface area contributed by atoms with Crippen molar-refractivity contribution in [3.05, 3.63) is 65.2 Å². The summed E-state index contributed by atoms with van der Waals surface area (Å²) >= 11 is 0. The van der Waals surface area contributed by atoms with Crippen molar-refractivity contribution in [3.63, 3.8) is 0 Å². The van der Waals surface area contributed by atoms with Gasteiger partial charge in [-0.2, -0.15) is 8.42 Å². The first-order valence-electron chi connectivity index (χ1n) is 10.2. The molecule has 0 heterocycles. The van der Waals surface area contributed by atoms with Crippen molar-refractivity contribution in [2.24, 2.45) is 9.63 Å². The van der Waals surface area contributed by atoms with Gasteiger partial charge in [0.25, 0.3) is 10.0 Å². The van der Waals surface area contributed by atoms with Gasteiger partial charge in [-0.1, -0.05) is 22.2 Å². The third-order valence-electron chi connectivity index (χ3n) is 5.48. The summed E-state index contributed by atoms with van der Waals surface area (Å²) in [4.78, 5) is 0.0369. The molecule has 0 aromatic heterocycles. The van der Waals surface area contributed by atoms with Crippen LogP contribution in [0.5, 0.6) is 17.2 Å². The van der Waals surface area contributed by atoms with Crippen LogP contribution in [0.4, 0.5) is 5.69 Å². The summed E-state index contributed by atoms with van der Waals surface area (Å²) in [5.41, 5.74) is 2.90. The molecule has 4 rings (SSSR count). The van der Waals surface area contributed by atoms with Crippen molar-refractivity contribution in [1.29, 1.82) is 0 Å². The first-order valence-corrected chi connectivity index (χ1v) is 11.7. The van der Waals surface area contributed by atoms with Crippen LogP contribution in [0.2, 0.25) is 0 Å². The lowest BCUT2D eigenvalue weighted by Crippen LogP contribution is -1.96. The second-order valence-electron chi connectivity index (χ2n) is 7.95. The van der Waals surface area contributed by atoms with E-state index in [9.17, 15) is 13.5 Å². The van der Waals surface area contributed by atoms with E-state index < -0.39 is 10.0 Å². The Labute approximate surface area is 192 Å². The summed E-state index contributed by atoms with van der Waals surface area (Å²) in [6.45, 7) is 5.63. The molecule has 0 amide bonds. The molecule has 7 nitrogen and oxygen atoms in total. The molecule has 8 heteroatoms. The van der Waals surface area contributed by atoms with Crippen LogP contribution in [-0.4, -0.2) is 27.7 Å². The number of aryl methyl sites for hydroxylation is 3. The lowest BCUT2D eigenvalue weighted by Gasteiger charge is -2.16. The molecular formula is C25H24N2O5S. The van der Waals surface area contributed by atoms with Crippen LogP contribution in [0.1, 0.15) is 16.7 Å². The average molecular weight is 465 g/mol. The number of phenolic OH excluding ortho intramolecular Hbond substituents is 1. The normalized spacial score (nSPS) is 12.0. The predicted octanol–water partition coefficient (Wildman–Crippen LogP) is 6.11. The number of sulfonamides is 1. The molecular weight excluding hydrogens is 440 g/mol. The standard InChI is InChI=1S/C25H24N2O5S/c1-14-6-8-17(9-7-14)33(29,30)27-26-24-22-18(10-15(2)12-20(22)31-4)25(28)19-11-16(3)13-21(32-5)23(19)24/h6-13,28H,1-5H3. The minimum atomic E-state index is -4.06. The zero-order valence-electron chi connectivity index (χ0n) is 19.0. The number of ether oxygens (including phenoxy) is 2. The summed E-state index contributed by atoms with van der Waals surface area (Å²) in [6.07, 6.45) is 0. The monoisotopic (exact) mass is 464 g/mol. The van der Waals surface area contributed by atoms with Gasteiger partial charge in [0.15, 0.2) is 0 Å². The molecule has 0 radical (unpaired) electrons. The SMILES string of the molecule is COc1cc(C)cc2c(O)c3cc(C)cc(OC)c3c(N=NS(=O)(=O)c3ccc(C)cc3)c12. The number of aromatic hydroxyl groups is 1. The van der Waals surface area contributed by atoms with Crippen molar-refractivity contribution in [2.45, 2.75) is 25.7 Å². The summed E-state index contributed by atoms with van der Waals surface area (Å²) < 4.78 is 40.7. The largest absolute Gasteiger partial charge is 0.507 e. The molecule has 33 heavy (non-hydrogen) atoms. The van der Waals surface area contributed by atoms with Crippen LogP contribution < -0.4 is 9.47 Å². The summed E-state index contributed by atoms with van der Waals surface area (Å²) in [5.74, 6) is 0.905. The van der Waals surface area contributed by atoms with Gasteiger partial charge >= 0.3 is 0 Å². The second-order valence-corrected chi connectivity index (χ2v) is 9.53. The number of nitrogens with zero attached hydrogens (tertiary/aromatic N) is 2. The average Bonchev–Trinajstić information content (AvgIpc) is 2.78. The van der Waals surface area contributed by atoms with E-state index >= 15 is 0 Å². The van der Waals surface area contributed by atoms with Gasteiger partial charge in [-0.25, -0.2) is 0 Å². The maximum Gasteiger partial charge on any atom is 0.299 e. The van der Waals surface area contributed by atoms with E-state index in [1.807, 2.05) is 20.8 Å². The quantitative estimate of drug-likeness (QED) is 0.284. The van der Waals surface area contributed by atoms with Crippen molar-refractivity contribution in [1.82, 2.24) is 0 Å². The highest BCUT2D eigenvalue weighted by Gasteiger charge is 2.22. The molecule has 0 saturated carbocycles. The highest BCUT2D eigenvalue weighted by Crippen LogP contribution is 2.50. The van der Waals surface area contributed by atoms with E-state index in [2.05, 4.69) is 9.63 Å². The number of methoxy groups -OCH3 is 2. The lowest BCUT2D eigenvalue weighted by molar-refractivity contribution is 0.418. The summed E-state index contributed by atoms with van der Waals surface area (Å²) in [6, 6.07) is 13.6. The van der Waals surface area contributed by atoms with E-state index in [0.717, 1.165) is 16.7 Å². The Morgan fingerprint density at radius 1 is 0.758 bits per heavy atom. The maximum atomic E-state index is 12.9. The molecule has 1 N–H and O–H groups in total. The Morgan fingerprint density at radius 3 is 1.70 bits per heavy atom. The van der Waals surface area contributed by atoms with E-state index in [0.29, 0.717) is 33.0 Å². The molecule has 4 aromatic carbocycles. The van der Waals surface area contributed by atoms with Gasteiger partial charge in [-0.05, 0) is 68.3 Å². The van der Waals surface area contributed by atoms with E-state index in [4.69, 9.17) is 9.47 Å². The number of phenols is 1. The molecule has 170 valence electrons. The Hall–Kier alpha value is -3.65. The number of rotatable bonds is 5.